The van der Waals surface area contributed by atoms with E-state index >= 15 is 0 Å². The molecule has 30 heavy (non-hydrogen) atoms. The van der Waals surface area contributed by atoms with Crippen LogP contribution in [0.3, 0.4) is 0 Å². The predicted octanol–water partition coefficient (Wildman–Crippen LogP) is 4.36. The number of fused-ring (bicyclic) bond motifs is 1. The lowest BCUT2D eigenvalue weighted by Crippen LogP contribution is -2.30. The Bertz CT molecular complexity index is 1030. The fourth-order valence-electron chi connectivity index (χ4n) is 4.05. The van der Waals surface area contributed by atoms with Crippen molar-refractivity contribution in [3.8, 4) is 0 Å². The number of nitro groups is 1. The van der Waals surface area contributed by atoms with Crippen molar-refractivity contribution in [1.29, 1.82) is 0 Å². The van der Waals surface area contributed by atoms with Gasteiger partial charge in [-0.25, -0.2) is 4.90 Å². The lowest BCUT2D eigenvalue weighted by atomic mass is 9.85. The van der Waals surface area contributed by atoms with Gasteiger partial charge in [0.05, 0.1) is 22.4 Å². The van der Waals surface area contributed by atoms with Crippen molar-refractivity contribution in [2.24, 2.45) is 11.8 Å². The molecule has 0 radical (unpaired) electrons. The fraction of sp³-hybridized carbons (Fsp3) is 0.273. The number of nitro benzene ring substituents is 1. The Balaban J connectivity index is 1.54. The second-order valence-corrected chi connectivity index (χ2v) is 7.80. The van der Waals surface area contributed by atoms with Crippen molar-refractivity contribution in [3.05, 3.63) is 75.3 Å². The summed E-state index contributed by atoms with van der Waals surface area (Å²) in [7, 11) is 0. The number of imide groups is 1. The average Bonchev–Trinajstić information content (AvgIpc) is 3.00. The molecule has 2 aromatic carbocycles. The van der Waals surface area contributed by atoms with E-state index in [1.54, 1.807) is 18.2 Å². The number of benzene rings is 2. The van der Waals surface area contributed by atoms with Crippen molar-refractivity contribution < 1.29 is 14.5 Å². The van der Waals surface area contributed by atoms with Crippen LogP contribution in [0.1, 0.15) is 18.4 Å². The standard InChI is InChI=1S/C22H20ClN3O4/c23-18-8-4-1-5-14(18)11-12-24-19-10-9-15(13-20(19)26(29)30)25-21(27)16-6-2-3-7-17(16)22(25)28/h1-5,8-10,13,16-17,24H,6-7,11-12H2. The van der Waals surface area contributed by atoms with Gasteiger partial charge in [-0.3, -0.25) is 19.7 Å². The summed E-state index contributed by atoms with van der Waals surface area (Å²) in [6.45, 7) is 0.446. The highest BCUT2D eigenvalue weighted by Crippen LogP contribution is 2.39. The third kappa shape index (κ3) is 3.68. The molecule has 1 aliphatic carbocycles. The van der Waals surface area contributed by atoms with Gasteiger partial charge in [-0.2, -0.15) is 0 Å². The molecule has 0 spiro atoms. The second-order valence-electron chi connectivity index (χ2n) is 7.39. The minimum Gasteiger partial charge on any atom is -0.379 e. The molecule has 1 N–H and O–H groups in total. The molecular weight excluding hydrogens is 406 g/mol. The first-order chi connectivity index (χ1) is 14.5. The van der Waals surface area contributed by atoms with E-state index in [1.165, 1.54) is 6.07 Å². The molecule has 7 nitrogen and oxygen atoms in total. The molecule has 0 bridgehead atoms. The molecule has 1 heterocycles. The number of rotatable bonds is 6. The number of carbonyl (C=O) groups excluding carboxylic acids is 2. The third-order valence-electron chi connectivity index (χ3n) is 5.61. The number of allylic oxidation sites excluding steroid dienone is 2. The Morgan fingerprint density at radius 3 is 2.37 bits per heavy atom. The van der Waals surface area contributed by atoms with E-state index < -0.39 is 4.92 Å². The Labute approximate surface area is 178 Å². The van der Waals surface area contributed by atoms with E-state index in [1.807, 2.05) is 30.4 Å². The third-order valence-corrected chi connectivity index (χ3v) is 5.98. The van der Waals surface area contributed by atoms with Crippen LogP contribution in [0, 0.1) is 22.0 Å². The van der Waals surface area contributed by atoms with E-state index in [4.69, 9.17) is 11.6 Å². The Hall–Kier alpha value is -3.19. The number of carbonyl (C=O) groups is 2. The average molecular weight is 426 g/mol. The number of amides is 2. The van der Waals surface area contributed by atoms with Gasteiger partial charge in [-0.05, 0) is 43.0 Å². The molecule has 1 saturated heterocycles. The van der Waals surface area contributed by atoms with Crippen LogP contribution in [-0.4, -0.2) is 23.3 Å². The zero-order chi connectivity index (χ0) is 21.3. The van der Waals surface area contributed by atoms with Gasteiger partial charge in [0.1, 0.15) is 5.69 Å². The van der Waals surface area contributed by atoms with Crippen molar-refractivity contribution in [3.63, 3.8) is 0 Å². The monoisotopic (exact) mass is 425 g/mol. The molecular formula is C22H20ClN3O4. The van der Waals surface area contributed by atoms with E-state index in [0.29, 0.717) is 36.5 Å². The molecule has 4 rings (SSSR count). The van der Waals surface area contributed by atoms with Crippen molar-refractivity contribution in [2.75, 3.05) is 16.8 Å². The topological polar surface area (TPSA) is 92.6 Å². The van der Waals surface area contributed by atoms with E-state index in [9.17, 15) is 19.7 Å². The van der Waals surface area contributed by atoms with Crippen molar-refractivity contribution >= 4 is 40.5 Å². The van der Waals surface area contributed by atoms with Crippen LogP contribution in [0.4, 0.5) is 17.1 Å². The minimum atomic E-state index is -0.513. The van der Waals surface area contributed by atoms with Crippen LogP contribution in [0.15, 0.2) is 54.6 Å². The molecule has 0 saturated carbocycles. The molecule has 2 aromatic rings. The smallest absolute Gasteiger partial charge is 0.294 e. The number of hydrogen-bond donors (Lipinski definition) is 1. The summed E-state index contributed by atoms with van der Waals surface area (Å²) >= 11 is 6.15. The number of nitrogens with one attached hydrogen (secondary N) is 1. The van der Waals surface area contributed by atoms with Crippen molar-refractivity contribution in [1.82, 2.24) is 0 Å². The SMILES string of the molecule is O=C1C2CC=CCC2C(=O)N1c1ccc(NCCc2ccccc2Cl)c([N+](=O)[O-])c1. The van der Waals surface area contributed by atoms with Gasteiger partial charge in [-0.15, -0.1) is 0 Å². The van der Waals surface area contributed by atoms with Crippen LogP contribution < -0.4 is 10.2 Å². The van der Waals surface area contributed by atoms with E-state index in [-0.39, 0.29) is 35.0 Å². The predicted molar refractivity (Wildman–Crippen MR) is 115 cm³/mol. The van der Waals surface area contributed by atoms with Gasteiger partial charge in [0.2, 0.25) is 11.8 Å². The van der Waals surface area contributed by atoms with Gasteiger partial charge in [0, 0.05) is 17.6 Å². The van der Waals surface area contributed by atoms with Crippen molar-refractivity contribution in [2.45, 2.75) is 19.3 Å². The summed E-state index contributed by atoms with van der Waals surface area (Å²) in [4.78, 5) is 37.7. The first-order valence-electron chi connectivity index (χ1n) is 9.76. The summed E-state index contributed by atoms with van der Waals surface area (Å²) in [5.74, 6) is -1.34. The molecule has 2 amide bonds. The number of halogens is 1. The van der Waals surface area contributed by atoms with Gasteiger partial charge < -0.3 is 5.32 Å². The molecule has 8 heteroatoms. The van der Waals surface area contributed by atoms with Gasteiger partial charge in [-0.1, -0.05) is 42.0 Å². The first-order valence-corrected chi connectivity index (χ1v) is 10.1. The summed E-state index contributed by atoms with van der Waals surface area (Å²) < 4.78 is 0. The Morgan fingerprint density at radius 2 is 1.73 bits per heavy atom. The largest absolute Gasteiger partial charge is 0.379 e. The summed E-state index contributed by atoms with van der Waals surface area (Å²) in [5.41, 5.74) is 1.33. The second kappa shape index (κ2) is 8.28. The van der Waals surface area contributed by atoms with Gasteiger partial charge in [0.15, 0.2) is 0 Å². The normalized spacial score (nSPS) is 20.4. The molecule has 2 aliphatic rings. The summed E-state index contributed by atoms with van der Waals surface area (Å²) in [5, 5.41) is 15.3. The van der Waals surface area contributed by atoms with E-state index in [0.717, 1.165) is 10.5 Å². The maximum absolute atomic E-state index is 12.8. The molecule has 1 fully saturated rings. The molecule has 1 aliphatic heterocycles. The van der Waals surface area contributed by atoms with Gasteiger partial charge in [0.25, 0.3) is 5.69 Å². The van der Waals surface area contributed by atoms with Gasteiger partial charge >= 0.3 is 0 Å². The zero-order valence-corrected chi connectivity index (χ0v) is 16.8. The molecule has 154 valence electrons. The maximum Gasteiger partial charge on any atom is 0.294 e. The number of nitrogens with zero attached hydrogens (tertiary/aromatic N) is 2. The fourth-order valence-corrected chi connectivity index (χ4v) is 4.28. The molecule has 0 aromatic heterocycles. The van der Waals surface area contributed by atoms with Crippen LogP contribution >= 0.6 is 11.6 Å². The van der Waals surface area contributed by atoms with Crippen LogP contribution in [0.25, 0.3) is 0 Å². The molecule has 2 atom stereocenters. The van der Waals surface area contributed by atoms with E-state index in [2.05, 4.69) is 5.32 Å². The lowest BCUT2D eigenvalue weighted by molar-refractivity contribution is -0.383. The van der Waals surface area contributed by atoms with Crippen LogP contribution in [-0.2, 0) is 16.0 Å². The Morgan fingerprint density at radius 1 is 1.07 bits per heavy atom. The maximum atomic E-state index is 12.8. The zero-order valence-electron chi connectivity index (χ0n) is 16.1. The van der Waals surface area contributed by atoms with Crippen LogP contribution in [0.2, 0.25) is 5.02 Å². The Kier molecular flexibility index (Phi) is 5.55. The summed E-state index contributed by atoms with van der Waals surface area (Å²) in [6, 6.07) is 11.8. The highest BCUT2D eigenvalue weighted by molar-refractivity contribution is 6.31. The number of anilines is 2. The lowest BCUT2D eigenvalue weighted by Gasteiger charge is -2.16. The van der Waals surface area contributed by atoms with Crippen LogP contribution in [0.5, 0.6) is 0 Å². The minimum absolute atomic E-state index is 0.180. The number of hydrogen-bond acceptors (Lipinski definition) is 5. The molecule has 2 unspecified atom stereocenters. The first kappa shape index (κ1) is 20.1. The highest BCUT2D eigenvalue weighted by Gasteiger charge is 2.48. The highest BCUT2D eigenvalue weighted by atomic mass is 35.5. The quantitative estimate of drug-likeness (QED) is 0.321. The summed E-state index contributed by atoms with van der Waals surface area (Å²) in [6.07, 6.45) is 5.46.